The Balaban J connectivity index is 2.07. The molecule has 0 aromatic carbocycles. The van der Waals surface area contributed by atoms with E-state index in [1.165, 1.54) is 77.0 Å². The predicted octanol–water partition coefficient (Wildman–Crippen LogP) is 9.39. The smallest absolute Gasteiger partial charge is 0.232 e. The number of piperidine rings is 2. The topological polar surface area (TPSA) is 72.5 Å². The highest BCUT2D eigenvalue weighted by molar-refractivity contribution is 5.48. The van der Waals surface area contributed by atoms with Gasteiger partial charge in [-0.15, -0.1) is 0 Å². The van der Waals surface area contributed by atoms with Crippen molar-refractivity contribution in [1.82, 2.24) is 25.6 Å². The third-order valence-electron chi connectivity index (χ3n) is 10.6. The number of unbranched alkanes of at least 4 members (excludes halogenated alkanes) is 10. The van der Waals surface area contributed by atoms with Crippen molar-refractivity contribution in [3.05, 3.63) is 0 Å². The quantitative estimate of drug-likeness (QED) is 0.111. The number of hydrogen-bond acceptors (Lipinski definition) is 8. The molecule has 3 heterocycles. The van der Waals surface area contributed by atoms with Crippen LogP contribution in [-0.4, -0.2) is 77.4 Å². The first kappa shape index (κ1) is 41.7. The minimum atomic E-state index is 0.1000. The molecule has 2 fully saturated rings. The van der Waals surface area contributed by atoms with Crippen molar-refractivity contribution in [3.8, 4) is 0 Å². The number of aromatic nitrogens is 3. The molecule has 1 aromatic heterocycles. The maximum atomic E-state index is 5.49. The Hall–Kier alpha value is -1.67. The highest BCUT2D eigenvalue weighted by Crippen LogP contribution is 2.32. The lowest BCUT2D eigenvalue weighted by Crippen LogP contribution is -2.55. The largest absolute Gasteiger partial charge is 0.341 e. The minimum absolute atomic E-state index is 0.1000. The molecule has 2 unspecified atom stereocenters. The van der Waals surface area contributed by atoms with Crippen LogP contribution in [0.3, 0.4) is 0 Å². The molecule has 2 atom stereocenters. The van der Waals surface area contributed by atoms with E-state index >= 15 is 0 Å². The highest BCUT2D eigenvalue weighted by Gasteiger charge is 2.36. The van der Waals surface area contributed by atoms with Crippen molar-refractivity contribution in [3.63, 3.8) is 0 Å². The van der Waals surface area contributed by atoms with Gasteiger partial charge in [0.2, 0.25) is 17.8 Å². The van der Waals surface area contributed by atoms with Gasteiger partial charge in [-0.05, 0) is 91.1 Å². The average molecular weight is 685 g/mol. The zero-order chi connectivity index (χ0) is 35.9. The molecule has 1 aromatic rings. The second-order valence-corrected chi connectivity index (χ2v) is 17.8. The van der Waals surface area contributed by atoms with E-state index in [4.69, 9.17) is 15.0 Å². The Labute approximate surface area is 303 Å². The first-order valence-corrected chi connectivity index (χ1v) is 20.9. The van der Waals surface area contributed by atoms with Crippen LogP contribution in [0.5, 0.6) is 0 Å². The van der Waals surface area contributed by atoms with Crippen molar-refractivity contribution in [1.29, 1.82) is 0 Å². The standard InChI is InChI=1S/C41H80N8/c1-11-13-15-17-19-21-27-47(28-22-20-18-16-14-12-2)37-44-38(48(31-33(3)4)35-23-25-42-40(7,8)29-35)46-39(45-37)49(32-34(5)6)36-24-26-43-41(9,10)30-36/h33-36,42-43H,11-32H2,1-10H3. The van der Waals surface area contributed by atoms with Gasteiger partial charge in [0.1, 0.15) is 0 Å². The molecule has 0 saturated carbocycles. The Kier molecular flexibility index (Phi) is 17.9. The predicted molar refractivity (Wildman–Crippen MR) is 213 cm³/mol. The molecule has 0 bridgehead atoms. The van der Waals surface area contributed by atoms with Gasteiger partial charge in [0.15, 0.2) is 0 Å². The number of nitrogens with one attached hydrogen (secondary N) is 2. The summed E-state index contributed by atoms with van der Waals surface area (Å²) in [4.78, 5) is 24.1. The second-order valence-electron chi connectivity index (χ2n) is 17.8. The fraction of sp³-hybridized carbons (Fsp3) is 0.927. The van der Waals surface area contributed by atoms with Gasteiger partial charge in [-0.25, -0.2) is 0 Å². The summed E-state index contributed by atoms with van der Waals surface area (Å²) in [5, 5.41) is 7.52. The summed E-state index contributed by atoms with van der Waals surface area (Å²) in [5.74, 6) is 3.73. The van der Waals surface area contributed by atoms with Gasteiger partial charge in [0.25, 0.3) is 0 Å². The summed E-state index contributed by atoms with van der Waals surface area (Å²) >= 11 is 0. The fourth-order valence-corrected chi connectivity index (χ4v) is 8.01. The molecule has 2 saturated heterocycles. The molecule has 3 rings (SSSR count). The Morgan fingerprint density at radius 1 is 0.571 bits per heavy atom. The van der Waals surface area contributed by atoms with Crippen molar-refractivity contribution in [2.45, 2.75) is 195 Å². The normalized spacial score (nSPS) is 20.6. The van der Waals surface area contributed by atoms with E-state index in [2.05, 4.69) is 94.6 Å². The summed E-state index contributed by atoms with van der Waals surface area (Å²) in [5.41, 5.74) is 0.200. The van der Waals surface area contributed by atoms with Crippen LogP contribution >= 0.6 is 0 Å². The van der Waals surface area contributed by atoms with E-state index in [0.29, 0.717) is 23.9 Å². The maximum absolute atomic E-state index is 5.49. The van der Waals surface area contributed by atoms with E-state index < -0.39 is 0 Å². The lowest BCUT2D eigenvalue weighted by molar-refractivity contribution is 0.261. The first-order chi connectivity index (χ1) is 23.3. The summed E-state index contributed by atoms with van der Waals surface area (Å²) in [6.45, 7) is 29.4. The summed E-state index contributed by atoms with van der Waals surface area (Å²) in [6, 6.07) is 0.812. The second kappa shape index (κ2) is 21.0. The molecule has 2 aliphatic rings. The van der Waals surface area contributed by atoms with Gasteiger partial charge in [0, 0.05) is 49.3 Å². The van der Waals surface area contributed by atoms with Gasteiger partial charge < -0.3 is 25.3 Å². The maximum Gasteiger partial charge on any atom is 0.232 e. The molecule has 8 nitrogen and oxygen atoms in total. The van der Waals surface area contributed by atoms with Crippen LogP contribution in [0.2, 0.25) is 0 Å². The van der Waals surface area contributed by atoms with Gasteiger partial charge in [-0.2, -0.15) is 15.0 Å². The molecular formula is C41H80N8. The SMILES string of the molecule is CCCCCCCCN(CCCCCCCC)c1nc(N(CC(C)C)C2CCNC(C)(C)C2)nc(N(CC(C)C)C2CCNC(C)(C)C2)n1. The van der Waals surface area contributed by atoms with Crippen LogP contribution in [0.1, 0.15) is 172 Å². The monoisotopic (exact) mass is 685 g/mol. The molecule has 284 valence electrons. The zero-order valence-corrected chi connectivity index (χ0v) is 34.0. The van der Waals surface area contributed by atoms with E-state index in [-0.39, 0.29) is 11.1 Å². The van der Waals surface area contributed by atoms with E-state index in [1.807, 2.05) is 0 Å². The van der Waals surface area contributed by atoms with E-state index in [0.717, 1.165) is 82.8 Å². The Morgan fingerprint density at radius 3 is 1.31 bits per heavy atom. The van der Waals surface area contributed by atoms with Crippen LogP contribution in [0.25, 0.3) is 0 Å². The molecule has 8 heteroatoms. The van der Waals surface area contributed by atoms with E-state index in [9.17, 15) is 0 Å². The molecule has 2 N–H and O–H groups in total. The molecule has 0 radical (unpaired) electrons. The van der Waals surface area contributed by atoms with Crippen LogP contribution in [0, 0.1) is 11.8 Å². The van der Waals surface area contributed by atoms with Crippen LogP contribution in [0.15, 0.2) is 0 Å². The lowest BCUT2D eigenvalue weighted by atomic mass is 9.88. The molecule has 49 heavy (non-hydrogen) atoms. The minimum Gasteiger partial charge on any atom is -0.341 e. The van der Waals surface area contributed by atoms with Gasteiger partial charge in [-0.1, -0.05) is 106 Å². The molecule has 0 spiro atoms. The average Bonchev–Trinajstić information content (AvgIpc) is 3.03. The molecule has 0 amide bonds. The Bertz CT molecular complexity index is 964. The van der Waals surface area contributed by atoms with Crippen molar-refractivity contribution in [2.75, 3.05) is 54.0 Å². The van der Waals surface area contributed by atoms with Crippen molar-refractivity contribution >= 4 is 17.8 Å². The third kappa shape index (κ3) is 14.8. The van der Waals surface area contributed by atoms with Gasteiger partial charge in [0.05, 0.1) is 0 Å². The summed E-state index contributed by atoms with van der Waals surface area (Å²) < 4.78 is 0. The van der Waals surface area contributed by atoms with Gasteiger partial charge in [-0.3, -0.25) is 0 Å². The third-order valence-corrected chi connectivity index (χ3v) is 10.6. The Morgan fingerprint density at radius 2 is 0.939 bits per heavy atom. The number of hydrogen-bond donors (Lipinski definition) is 2. The number of rotatable bonds is 23. The molecule has 2 aliphatic heterocycles. The summed E-state index contributed by atoms with van der Waals surface area (Å²) in [7, 11) is 0. The van der Waals surface area contributed by atoms with Crippen molar-refractivity contribution < 1.29 is 0 Å². The molecule has 0 aliphatic carbocycles. The van der Waals surface area contributed by atoms with Crippen LogP contribution in [-0.2, 0) is 0 Å². The lowest BCUT2D eigenvalue weighted by Gasteiger charge is -2.44. The zero-order valence-electron chi connectivity index (χ0n) is 34.0. The van der Waals surface area contributed by atoms with Crippen LogP contribution in [0.4, 0.5) is 17.8 Å². The fourth-order valence-electron chi connectivity index (χ4n) is 8.01. The van der Waals surface area contributed by atoms with Crippen molar-refractivity contribution in [2.24, 2.45) is 11.8 Å². The first-order valence-electron chi connectivity index (χ1n) is 20.9. The van der Waals surface area contributed by atoms with E-state index in [1.54, 1.807) is 0 Å². The number of nitrogens with zero attached hydrogens (tertiary/aromatic N) is 6. The molecular weight excluding hydrogens is 605 g/mol. The van der Waals surface area contributed by atoms with Gasteiger partial charge >= 0.3 is 0 Å². The summed E-state index contributed by atoms with van der Waals surface area (Å²) in [6.07, 6.45) is 20.0. The highest BCUT2D eigenvalue weighted by atomic mass is 15.4. The number of anilines is 3. The van der Waals surface area contributed by atoms with Crippen LogP contribution < -0.4 is 25.3 Å².